The molecule has 1 N–H and O–H groups in total. The van der Waals surface area contributed by atoms with Crippen LogP contribution in [0.5, 0.6) is 0 Å². The van der Waals surface area contributed by atoms with Crippen molar-refractivity contribution in [2.75, 3.05) is 26.7 Å². The number of carbonyl (C=O) groups is 1. The highest BCUT2D eigenvalue weighted by Crippen LogP contribution is 2.23. The molecule has 0 saturated carbocycles. The lowest BCUT2D eigenvalue weighted by Gasteiger charge is -2.32. The summed E-state index contributed by atoms with van der Waals surface area (Å²) in [6, 6.07) is 4.40. The summed E-state index contributed by atoms with van der Waals surface area (Å²) in [7, 11) is 1.40. The molecule has 2 unspecified atom stereocenters. The molecular weight excluding hydrogens is 273 g/mol. The van der Waals surface area contributed by atoms with Crippen LogP contribution in [0.3, 0.4) is 0 Å². The maximum atomic E-state index is 13.1. The molecule has 116 valence electrons. The Morgan fingerprint density at radius 1 is 1.57 bits per heavy atom. The van der Waals surface area contributed by atoms with Crippen molar-refractivity contribution < 1.29 is 19.0 Å². The minimum absolute atomic E-state index is 0.120. The van der Waals surface area contributed by atoms with E-state index in [1.165, 1.54) is 19.2 Å². The summed E-state index contributed by atoms with van der Waals surface area (Å²) in [5.41, 5.74) is 1.47. The van der Waals surface area contributed by atoms with Crippen LogP contribution in [0.25, 0.3) is 0 Å². The molecule has 0 aliphatic carbocycles. The Hall–Kier alpha value is -1.46. The first-order valence-corrected chi connectivity index (χ1v) is 7.25. The molecule has 21 heavy (non-hydrogen) atoms. The molecule has 1 fully saturated rings. The van der Waals surface area contributed by atoms with E-state index >= 15 is 0 Å². The van der Waals surface area contributed by atoms with Gasteiger partial charge in [0.15, 0.2) is 0 Å². The summed E-state index contributed by atoms with van der Waals surface area (Å²) in [4.78, 5) is 13.7. The number of rotatable bonds is 4. The van der Waals surface area contributed by atoms with E-state index in [1.54, 1.807) is 13.0 Å². The highest BCUT2D eigenvalue weighted by Gasteiger charge is 2.27. The third-order valence-corrected chi connectivity index (χ3v) is 4.06. The fourth-order valence-electron chi connectivity index (χ4n) is 2.94. The van der Waals surface area contributed by atoms with E-state index in [-0.39, 0.29) is 17.7 Å². The number of piperidine rings is 1. The maximum Gasteiger partial charge on any atom is 0.309 e. The molecular formula is C16H22FNO3. The number of esters is 1. The van der Waals surface area contributed by atoms with E-state index in [0.29, 0.717) is 13.1 Å². The van der Waals surface area contributed by atoms with Gasteiger partial charge in [-0.1, -0.05) is 6.07 Å². The number of methoxy groups -OCH3 is 1. The van der Waals surface area contributed by atoms with Gasteiger partial charge in [0.05, 0.1) is 19.1 Å². The van der Waals surface area contributed by atoms with Gasteiger partial charge >= 0.3 is 5.97 Å². The monoisotopic (exact) mass is 295 g/mol. The fraction of sp³-hybridized carbons (Fsp3) is 0.562. The van der Waals surface area contributed by atoms with Gasteiger partial charge in [0.2, 0.25) is 0 Å². The molecule has 0 spiro atoms. The van der Waals surface area contributed by atoms with Crippen LogP contribution in [0.15, 0.2) is 18.2 Å². The van der Waals surface area contributed by atoms with Crippen molar-refractivity contribution in [2.24, 2.45) is 5.92 Å². The highest BCUT2D eigenvalue weighted by atomic mass is 19.1. The van der Waals surface area contributed by atoms with Crippen LogP contribution in [0.1, 0.15) is 30.1 Å². The topological polar surface area (TPSA) is 49.8 Å². The highest BCUT2D eigenvalue weighted by molar-refractivity contribution is 5.72. The van der Waals surface area contributed by atoms with Crippen molar-refractivity contribution in [1.29, 1.82) is 0 Å². The van der Waals surface area contributed by atoms with Crippen LogP contribution in [-0.2, 0) is 9.53 Å². The molecule has 0 amide bonds. The Labute approximate surface area is 124 Å². The third-order valence-electron chi connectivity index (χ3n) is 4.06. The van der Waals surface area contributed by atoms with Crippen LogP contribution in [0, 0.1) is 18.7 Å². The van der Waals surface area contributed by atoms with E-state index in [1.807, 2.05) is 0 Å². The zero-order chi connectivity index (χ0) is 15.4. The summed E-state index contributed by atoms with van der Waals surface area (Å²) in [6.45, 7) is 3.68. The first-order chi connectivity index (χ1) is 10.0. The number of hydrogen-bond donors (Lipinski definition) is 1. The smallest absolute Gasteiger partial charge is 0.309 e. The number of aryl methyl sites for hydroxylation is 1. The number of β-amino-alcohol motifs (C(OH)–C–C–N with tert-alkyl or cyclic N) is 1. The van der Waals surface area contributed by atoms with Gasteiger partial charge in [0.25, 0.3) is 0 Å². The van der Waals surface area contributed by atoms with Crippen molar-refractivity contribution in [1.82, 2.24) is 4.90 Å². The summed E-state index contributed by atoms with van der Waals surface area (Å²) < 4.78 is 17.9. The molecule has 1 aromatic rings. The SMILES string of the molecule is COC(=O)C1CCCN(CC(O)c2ccc(F)cc2C)C1. The molecule has 2 atom stereocenters. The first kappa shape index (κ1) is 15.9. The van der Waals surface area contributed by atoms with E-state index in [9.17, 15) is 14.3 Å². The minimum Gasteiger partial charge on any atom is -0.469 e. The zero-order valence-electron chi connectivity index (χ0n) is 12.5. The maximum absolute atomic E-state index is 13.1. The quantitative estimate of drug-likeness (QED) is 0.864. The molecule has 2 rings (SSSR count). The summed E-state index contributed by atoms with van der Waals surface area (Å²) in [6.07, 6.45) is 1.06. The Morgan fingerprint density at radius 3 is 3.00 bits per heavy atom. The van der Waals surface area contributed by atoms with Gasteiger partial charge in [-0.3, -0.25) is 9.69 Å². The molecule has 4 nitrogen and oxygen atoms in total. The van der Waals surface area contributed by atoms with Crippen molar-refractivity contribution >= 4 is 5.97 Å². The first-order valence-electron chi connectivity index (χ1n) is 7.25. The van der Waals surface area contributed by atoms with Crippen LogP contribution >= 0.6 is 0 Å². The number of hydrogen-bond acceptors (Lipinski definition) is 4. The number of benzene rings is 1. The van der Waals surface area contributed by atoms with Crippen molar-refractivity contribution in [3.63, 3.8) is 0 Å². The van der Waals surface area contributed by atoms with E-state index in [2.05, 4.69) is 4.90 Å². The zero-order valence-corrected chi connectivity index (χ0v) is 12.5. The average molecular weight is 295 g/mol. The molecule has 1 heterocycles. The van der Waals surface area contributed by atoms with Gasteiger partial charge in [-0.25, -0.2) is 4.39 Å². The molecule has 1 aliphatic rings. The number of carbonyl (C=O) groups excluding carboxylic acids is 1. The second-order valence-corrected chi connectivity index (χ2v) is 5.64. The van der Waals surface area contributed by atoms with Crippen molar-refractivity contribution in [2.45, 2.75) is 25.9 Å². The number of halogens is 1. The Kier molecular flexibility index (Phi) is 5.31. The van der Waals surface area contributed by atoms with Crippen LogP contribution < -0.4 is 0 Å². The van der Waals surface area contributed by atoms with Crippen molar-refractivity contribution in [3.8, 4) is 0 Å². The van der Waals surface area contributed by atoms with Gasteiger partial charge in [0, 0.05) is 13.1 Å². The number of aliphatic hydroxyl groups is 1. The summed E-state index contributed by atoms with van der Waals surface area (Å²) in [5, 5.41) is 10.3. The van der Waals surface area contributed by atoms with Gasteiger partial charge < -0.3 is 9.84 Å². The second kappa shape index (κ2) is 7.00. The van der Waals surface area contributed by atoms with Crippen LogP contribution in [0.4, 0.5) is 4.39 Å². The molecule has 1 saturated heterocycles. The predicted molar refractivity (Wildman–Crippen MR) is 77.3 cm³/mol. The fourth-order valence-corrected chi connectivity index (χ4v) is 2.94. The van der Waals surface area contributed by atoms with Crippen LogP contribution in [-0.4, -0.2) is 42.7 Å². The van der Waals surface area contributed by atoms with Gasteiger partial charge in [-0.15, -0.1) is 0 Å². The number of ether oxygens (including phenoxy) is 1. The molecule has 0 aromatic heterocycles. The number of nitrogens with zero attached hydrogens (tertiary/aromatic N) is 1. The van der Waals surface area contributed by atoms with E-state index in [0.717, 1.165) is 30.5 Å². The van der Waals surface area contributed by atoms with Gasteiger partial charge in [0.1, 0.15) is 5.82 Å². The number of likely N-dealkylation sites (tertiary alicyclic amines) is 1. The van der Waals surface area contributed by atoms with Crippen LogP contribution in [0.2, 0.25) is 0 Å². The van der Waals surface area contributed by atoms with E-state index < -0.39 is 6.10 Å². The molecule has 1 aromatic carbocycles. The summed E-state index contributed by atoms with van der Waals surface area (Å²) in [5.74, 6) is -0.607. The van der Waals surface area contributed by atoms with Gasteiger partial charge in [-0.05, 0) is 49.6 Å². The standard InChI is InChI=1S/C16H22FNO3/c1-11-8-13(17)5-6-14(11)15(19)10-18-7-3-4-12(9-18)16(20)21-2/h5-6,8,12,15,19H,3-4,7,9-10H2,1-2H3. The average Bonchev–Trinajstić information content (AvgIpc) is 2.46. The second-order valence-electron chi connectivity index (χ2n) is 5.64. The molecule has 0 bridgehead atoms. The Balaban J connectivity index is 1.98. The largest absolute Gasteiger partial charge is 0.469 e. The minimum atomic E-state index is -0.679. The lowest BCUT2D eigenvalue weighted by atomic mass is 9.96. The summed E-state index contributed by atoms with van der Waals surface area (Å²) >= 11 is 0. The lowest BCUT2D eigenvalue weighted by Crippen LogP contribution is -2.41. The molecule has 0 radical (unpaired) electrons. The lowest BCUT2D eigenvalue weighted by molar-refractivity contribution is -0.147. The van der Waals surface area contributed by atoms with Gasteiger partial charge in [-0.2, -0.15) is 0 Å². The molecule has 1 aliphatic heterocycles. The number of aliphatic hydroxyl groups excluding tert-OH is 1. The molecule has 5 heteroatoms. The van der Waals surface area contributed by atoms with Crippen molar-refractivity contribution in [3.05, 3.63) is 35.1 Å². The predicted octanol–water partition coefficient (Wildman–Crippen LogP) is 2.05. The normalized spacial score (nSPS) is 21.0. The van der Waals surface area contributed by atoms with E-state index in [4.69, 9.17) is 4.74 Å². The Bertz CT molecular complexity index is 506. The Morgan fingerprint density at radius 2 is 2.33 bits per heavy atom. The third kappa shape index (κ3) is 4.02.